The van der Waals surface area contributed by atoms with Crippen LogP contribution in [0.3, 0.4) is 0 Å². The lowest BCUT2D eigenvalue weighted by atomic mass is 9.79. The maximum absolute atomic E-state index is 12.2. The number of rotatable bonds is 5. The molecule has 7 nitrogen and oxygen atoms in total. The molecule has 0 aromatic rings. The first-order valence-corrected chi connectivity index (χ1v) is 10.1. The number of halogens is 1. The standard InChI is InChI=1S/C19H31N5O2.HI/c1-3-20-16(21-12-19(8-9-19)14-4-5-14)24-10-6-13(7-11-24)18(2)15(25)22-17(26)23-18;/h13-14H,3-12H2,1-2H3,(H,20,21)(H2,22,23,25,26);1H. The second kappa shape index (κ2) is 7.75. The highest BCUT2D eigenvalue weighted by Gasteiger charge is 2.53. The van der Waals surface area contributed by atoms with E-state index in [1.807, 2.05) is 6.92 Å². The van der Waals surface area contributed by atoms with Crippen LogP contribution >= 0.6 is 24.0 Å². The van der Waals surface area contributed by atoms with Crippen LogP contribution in [-0.2, 0) is 4.79 Å². The summed E-state index contributed by atoms with van der Waals surface area (Å²) in [6.45, 7) is 7.51. The van der Waals surface area contributed by atoms with Crippen molar-refractivity contribution < 1.29 is 9.59 Å². The van der Waals surface area contributed by atoms with Gasteiger partial charge in [-0.25, -0.2) is 4.79 Å². The van der Waals surface area contributed by atoms with Crippen LogP contribution < -0.4 is 16.0 Å². The number of piperidine rings is 1. The molecule has 2 aliphatic carbocycles. The van der Waals surface area contributed by atoms with E-state index in [0.29, 0.717) is 5.41 Å². The Bertz CT molecular complexity index is 624. The van der Waals surface area contributed by atoms with Crippen molar-refractivity contribution in [2.24, 2.45) is 22.2 Å². The molecule has 4 fully saturated rings. The van der Waals surface area contributed by atoms with Gasteiger partial charge in [-0.15, -0.1) is 24.0 Å². The third-order valence-corrected chi connectivity index (χ3v) is 6.90. The van der Waals surface area contributed by atoms with Gasteiger partial charge in [-0.3, -0.25) is 15.1 Å². The predicted molar refractivity (Wildman–Crippen MR) is 115 cm³/mol. The van der Waals surface area contributed by atoms with Gasteiger partial charge in [0.05, 0.1) is 0 Å². The molecule has 27 heavy (non-hydrogen) atoms. The summed E-state index contributed by atoms with van der Waals surface area (Å²) in [6, 6.07) is -0.371. The van der Waals surface area contributed by atoms with Gasteiger partial charge in [0.15, 0.2) is 5.96 Å². The van der Waals surface area contributed by atoms with Crippen LogP contribution in [0.4, 0.5) is 4.79 Å². The molecule has 0 aromatic heterocycles. The lowest BCUT2D eigenvalue weighted by molar-refractivity contribution is -0.125. The van der Waals surface area contributed by atoms with Crippen molar-refractivity contribution in [1.29, 1.82) is 0 Å². The average molecular weight is 489 g/mol. The van der Waals surface area contributed by atoms with E-state index in [0.717, 1.165) is 50.9 Å². The second-order valence-electron chi connectivity index (χ2n) is 8.68. The SMILES string of the molecule is CCNC(=NCC1(C2CC2)CC1)N1CCC(C2(C)NC(=O)NC2=O)CC1.I. The lowest BCUT2D eigenvalue weighted by Gasteiger charge is -2.39. The van der Waals surface area contributed by atoms with Crippen molar-refractivity contribution in [1.82, 2.24) is 20.9 Å². The maximum atomic E-state index is 12.2. The Hall–Kier alpha value is -1.06. The summed E-state index contributed by atoms with van der Waals surface area (Å²) in [5, 5.41) is 8.66. The van der Waals surface area contributed by atoms with Crippen molar-refractivity contribution >= 4 is 41.9 Å². The van der Waals surface area contributed by atoms with Gasteiger partial charge >= 0.3 is 6.03 Å². The summed E-state index contributed by atoms with van der Waals surface area (Å²) in [4.78, 5) is 31.0. The summed E-state index contributed by atoms with van der Waals surface area (Å²) in [5.41, 5.74) is -0.263. The number of nitrogens with one attached hydrogen (secondary N) is 3. The van der Waals surface area contributed by atoms with E-state index in [2.05, 4.69) is 27.8 Å². The Balaban J connectivity index is 0.00000210. The number of nitrogens with zero attached hydrogens (tertiary/aromatic N) is 2. The molecule has 1 atom stereocenters. The first-order chi connectivity index (χ1) is 12.5. The first kappa shape index (κ1) is 20.7. The monoisotopic (exact) mass is 489 g/mol. The van der Waals surface area contributed by atoms with Gasteiger partial charge in [-0.05, 0) is 69.6 Å². The molecule has 0 aromatic carbocycles. The van der Waals surface area contributed by atoms with Crippen molar-refractivity contribution in [2.75, 3.05) is 26.2 Å². The average Bonchev–Trinajstić information content (AvgIpc) is 3.52. The highest BCUT2D eigenvalue weighted by Crippen LogP contribution is 2.61. The zero-order valence-corrected chi connectivity index (χ0v) is 18.7. The predicted octanol–water partition coefficient (Wildman–Crippen LogP) is 2.07. The molecule has 8 heteroatoms. The van der Waals surface area contributed by atoms with E-state index >= 15 is 0 Å². The van der Waals surface area contributed by atoms with E-state index in [-0.39, 0.29) is 41.8 Å². The van der Waals surface area contributed by atoms with Crippen molar-refractivity contribution in [3.63, 3.8) is 0 Å². The zero-order valence-electron chi connectivity index (χ0n) is 16.3. The number of likely N-dealkylation sites (tertiary alicyclic amines) is 1. The fourth-order valence-electron chi connectivity index (χ4n) is 4.72. The highest BCUT2D eigenvalue weighted by molar-refractivity contribution is 14.0. The number of amides is 3. The summed E-state index contributed by atoms with van der Waals surface area (Å²) in [6.07, 6.45) is 7.23. The molecule has 4 rings (SSSR count). The third kappa shape index (κ3) is 4.05. The minimum atomic E-state index is -0.775. The van der Waals surface area contributed by atoms with Crippen LogP contribution in [0, 0.1) is 17.3 Å². The molecule has 0 radical (unpaired) electrons. The van der Waals surface area contributed by atoms with Gasteiger partial charge in [-0.1, -0.05) is 0 Å². The molecular weight excluding hydrogens is 457 g/mol. The number of hydrogen-bond donors (Lipinski definition) is 3. The van der Waals surface area contributed by atoms with E-state index in [4.69, 9.17) is 4.99 Å². The van der Waals surface area contributed by atoms with E-state index in [1.165, 1.54) is 25.7 Å². The Labute approximate surface area is 178 Å². The molecule has 4 aliphatic rings. The Morgan fingerprint density at radius 1 is 1.19 bits per heavy atom. The molecule has 2 saturated heterocycles. The fourth-order valence-corrected chi connectivity index (χ4v) is 4.72. The molecule has 3 amide bonds. The normalized spacial score (nSPS) is 30.4. The van der Waals surface area contributed by atoms with Crippen LogP contribution in [0.25, 0.3) is 0 Å². The number of hydrogen-bond acceptors (Lipinski definition) is 3. The van der Waals surface area contributed by atoms with E-state index in [1.54, 1.807) is 0 Å². The molecule has 0 bridgehead atoms. The van der Waals surface area contributed by atoms with Gasteiger partial charge in [-0.2, -0.15) is 0 Å². The topological polar surface area (TPSA) is 85.8 Å². The van der Waals surface area contributed by atoms with Crippen LogP contribution in [-0.4, -0.2) is 54.5 Å². The van der Waals surface area contributed by atoms with Gasteiger partial charge in [0.2, 0.25) is 0 Å². The number of urea groups is 1. The van der Waals surface area contributed by atoms with E-state index < -0.39 is 5.54 Å². The molecule has 2 saturated carbocycles. The summed E-state index contributed by atoms with van der Waals surface area (Å²) < 4.78 is 0. The summed E-state index contributed by atoms with van der Waals surface area (Å²) >= 11 is 0. The van der Waals surface area contributed by atoms with Crippen molar-refractivity contribution in [3.8, 4) is 0 Å². The lowest BCUT2D eigenvalue weighted by Crippen LogP contribution is -2.55. The summed E-state index contributed by atoms with van der Waals surface area (Å²) in [7, 11) is 0. The molecule has 2 aliphatic heterocycles. The van der Waals surface area contributed by atoms with Gasteiger partial charge in [0.1, 0.15) is 5.54 Å². The van der Waals surface area contributed by atoms with Crippen LogP contribution in [0.15, 0.2) is 4.99 Å². The molecule has 1 unspecified atom stereocenters. The minimum absolute atomic E-state index is 0. The molecule has 2 heterocycles. The minimum Gasteiger partial charge on any atom is -0.357 e. The fraction of sp³-hybridized carbons (Fsp3) is 0.842. The number of imide groups is 1. The third-order valence-electron chi connectivity index (χ3n) is 6.90. The van der Waals surface area contributed by atoms with E-state index in [9.17, 15) is 9.59 Å². The maximum Gasteiger partial charge on any atom is 0.322 e. The Morgan fingerprint density at radius 2 is 1.85 bits per heavy atom. The van der Waals surface area contributed by atoms with Crippen LogP contribution in [0.5, 0.6) is 0 Å². The van der Waals surface area contributed by atoms with Crippen molar-refractivity contribution in [3.05, 3.63) is 0 Å². The van der Waals surface area contributed by atoms with Gasteiger partial charge in [0, 0.05) is 26.2 Å². The number of carbonyl (C=O) groups excluding carboxylic acids is 2. The second-order valence-corrected chi connectivity index (χ2v) is 8.68. The first-order valence-electron chi connectivity index (χ1n) is 10.1. The largest absolute Gasteiger partial charge is 0.357 e. The summed E-state index contributed by atoms with van der Waals surface area (Å²) in [5.74, 6) is 1.91. The molecule has 3 N–H and O–H groups in total. The van der Waals surface area contributed by atoms with Gasteiger partial charge < -0.3 is 15.5 Å². The Kier molecular flexibility index (Phi) is 5.93. The molecule has 152 valence electrons. The molecule has 0 spiro atoms. The molecular formula is C19H32IN5O2. The Morgan fingerprint density at radius 3 is 2.33 bits per heavy atom. The van der Waals surface area contributed by atoms with Crippen molar-refractivity contribution in [2.45, 2.75) is 57.9 Å². The van der Waals surface area contributed by atoms with Crippen LogP contribution in [0.2, 0.25) is 0 Å². The van der Waals surface area contributed by atoms with Gasteiger partial charge in [0.25, 0.3) is 5.91 Å². The highest BCUT2D eigenvalue weighted by atomic mass is 127. The quantitative estimate of drug-likeness (QED) is 0.239. The zero-order chi connectivity index (χ0) is 18.4. The van der Waals surface area contributed by atoms with Crippen LogP contribution in [0.1, 0.15) is 52.4 Å². The smallest absolute Gasteiger partial charge is 0.322 e. The number of carbonyl (C=O) groups is 2. The number of guanidine groups is 1. The number of aliphatic imine (C=N–C) groups is 1.